The maximum Gasteiger partial charge on any atom is 0.127 e. The molecule has 0 amide bonds. The molecule has 0 aliphatic rings. The standard InChI is InChI=1S/C19H22ClFO3/c1-19(2,24-18-9-5-16(20)6-10-18)14-22-13-15-3-7-17(8-4-15)23-12-11-21/h3-10H,11-14H2,1-2H3. The summed E-state index contributed by atoms with van der Waals surface area (Å²) < 4.78 is 28.9. The fraction of sp³-hybridized carbons (Fsp3) is 0.368. The van der Waals surface area contributed by atoms with E-state index in [4.69, 9.17) is 25.8 Å². The summed E-state index contributed by atoms with van der Waals surface area (Å²) in [5.74, 6) is 1.41. The van der Waals surface area contributed by atoms with Gasteiger partial charge in [-0.25, -0.2) is 4.39 Å². The molecule has 3 nitrogen and oxygen atoms in total. The Morgan fingerprint density at radius 3 is 2.21 bits per heavy atom. The molecule has 0 unspecified atom stereocenters. The van der Waals surface area contributed by atoms with Crippen LogP contribution in [-0.2, 0) is 11.3 Å². The Labute approximate surface area is 147 Å². The number of hydrogen-bond acceptors (Lipinski definition) is 3. The molecule has 2 rings (SSSR count). The van der Waals surface area contributed by atoms with Gasteiger partial charge in [-0.2, -0.15) is 0 Å². The van der Waals surface area contributed by atoms with Crippen LogP contribution < -0.4 is 9.47 Å². The van der Waals surface area contributed by atoms with E-state index < -0.39 is 12.3 Å². The van der Waals surface area contributed by atoms with Gasteiger partial charge in [-0.15, -0.1) is 0 Å². The van der Waals surface area contributed by atoms with Gasteiger partial charge < -0.3 is 14.2 Å². The van der Waals surface area contributed by atoms with Crippen molar-refractivity contribution in [1.29, 1.82) is 0 Å². The van der Waals surface area contributed by atoms with Gasteiger partial charge in [-0.1, -0.05) is 23.7 Å². The summed E-state index contributed by atoms with van der Waals surface area (Å²) in [6, 6.07) is 14.7. The zero-order valence-electron chi connectivity index (χ0n) is 13.9. The lowest BCUT2D eigenvalue weighted by molar-refractivity contribution is -0.0101. The van der Waals surface area contributed by atoms with Crippen molar-refractivity contribution in [3.8, 4) is 11.5 Å². The van der Waals surface area contributed by atoms with Crippen LogP contribution in [0.5, 0.6) is 11.5 Å². The molecule has 130 valence electrons. The molecule has 0 aliphatic carbocycles. The van der Waals surface area contributed by atoms with Crippen LogP contribution in [0.2, 0.25) is 5.02 Å². The Balaban J connectivity index is 1.78. The number of benzene rings is 2. The number of alkyl halides is 1. The van der Waals surface area contributed by atoms with Crippen LogP contribution in [-0.4, -0.2) is 25.5 Å². The van der Waals surface area contributed by atoms with Crippen LogP contribution in [0.15, 0.2) is 48.5 Å². The van der Waals surface area contributed by atoms with Crippen LogP contribution >= 0.6 is 11.6 Å². The van der Waals surface area contributed by atoms with Crippen LogP contribution in [0.3, 0.4) is 0 Å². The lowest BCUT2D eigenvalue weighted by Gasteiger charge is -2.26. The second-order valence-electron chi connectivity index (χ2n) is 5.99. The first kappa shape index (κ1) is 18.6. The molecule has 0 saturated carbocycles. The number of halogens is 2. The summed E-state index contributed by atoms with van der Waals surface area (Å²) in [5.41, 5.74) is 0.558. The summed E-state index contributed by atoms with van der Waals surface area (Å²) in [6.45, 7) is 4.43. The van der Waals surface area contributed by atoms with E-state index in [1.165, 1.54) is 0 Å². The minimum absolute atomic E-state index is 0.0755. The van der Waals surface area contributed by atoms with E-state index in [0.29, 0.717) is 24.0 Å². The van der Waals surface area contributed by atoms with Crippen LogP contribution in [0.1, 0.15) is 19.4 Å². The third-order valence-corrected chi connectivity index (χ3v) is 3.45. The summed E-state index contributed by atoms with van der Waals surface area (Å²) in [4.78, 5) is 0. The lowest BCUT2D eigenvalue weighted by atomic mass is 10.1. The maximum absolute atomic E-state index is 12.0. The van der Waals surface area contributed by atoms with Crippen molar-refractivity contribution in [2.45, 2.75) is 26.1 Å². The van der Waals surface area contributed by atoms with Gasteiger partial charge in [-0.3, -0.25) is 0 Å². The quantitative estimate of drug-likeness (QED) is 0.631. The van der Waals surface area contributed by atoms with Crippen molar-refractivity contribution in [2.24, 2.45) is 0 Å². The average molecular weight is 353 g/mol. The van der Waals surface area contributed by atoms with Gasteiger partial charge in [0.1, 0.15) is 30.4 Å². The first-order valence-electron chi connectivity index (χ1n) is 7.78. The van der Waals surface area contributed by atoms with E-state index in [9.17, 15) is 4.39 Å². The molecule has 24 heavy (non-hydrogen) atoms. The summed E-state index contributed by atoms with van der Waals surface area (Å²) in [7, 11) is 0. The van der Waals surface area contributed by atoms with E-state index >= 15 is 0 Å². The second-order valence-corrected chi connectivity index (χ2v) is 6.43. The first-order valence-corrected chi connectivity index (χ1v) is 8.16. The van der Waals surface area contributed by atoms with Crippen molar-refractivity contribution in [3.63, 3.8) is 0 Å². The highest BCUT2D eigenvalue weighted by Gasteiger charge is 2.20. The Bertz CT molecular complexity index is 612. The zero-order valence-corrected chi connectivity index (χ0v) is 14.7. The minimum atomic E-state index is -0.492. The Hall–Kier alpha value is -1.78. The molecule has 0 bridgehead atoms. The van der Waals surface area contributed by atoms with Gasteiger partial charge in [0.25, 0.3) is 0 Å². The highest BCUT2D eigenvalue weighted by molar-refractivity contribution is 6.30. The number of hydrogen-bond donors (Lipinski definition) is 0. The van der Waals surface area contributed by atoms with Gasteiger partial charge in [0, 0.05) is 5.02 Å². The normalized spacial score (nSPS) is 11.3. The largest absolute Gasteiger partial charge is 0.491 e. The molecular weight excluding hydrogens is 331 g/mol. The monoisotopic (exact) mass is 352 g/mol. The van der Waals surface area contributed by atoms with Crippen LogP contribution in [0.25, 0.3) is 0 Å². The molecule has 0 spiro atoms. The highest BCUT2D eigenvalue weighted by Crippen LogP contribution is 2.21. The van der Waals surface area contributed by atoms with Crippen molar-refractivity contribution < 1.29 is 18.6 Å². The van der Waals surface area contributed by atoms with E-state index in [2.05, 4.69) is 0 Å². The molecule has 2 aromatic rings. The van der Waals surface area contributed by atoms with Gasteiger partial charge >= 0.3 is 0 Å². The Morgan fingerprint density at radius 2 is 1.58 bits per heavy atom. The fourth-order valence-electron chi connectivity index (χ4n) is 2.10. The van der Waals surface area contributed by atoms with Gasteiger partial charge in [0.15, 0.2) is 0 Å². The Kier molecular flexibility index (Phi) is 6.88. The second kappa shape index (κ2) is 8.90. The van der Waals surface area contributed by atoms with Gasteiger partial charge in [0.2, 0.25) is 0 Å². The summed E-state index contributed by atoms with van der Waals surface area (Å²) in [6.07, 6.45) is 0. The molecular formula is C19H22ClFO3. The van der Waals surface area contributed by atoms with Gasteiger partial charge in [0.05, 0.1) is 13.2 Å². The molecule has 5 heteroatoms. The van der Waals surface area contributed by atoms with Crippen molar-refractivity contribution in [3.05, 3.63) is 59.1 Å². The van der Waals surface area contributed by atoms with Crippen molar-refractivity contribution in [2.75, 3.05) is 19.9 Å². The van der Waals surface area contributed by atoms with Crippen LogP contribution in [0, 0.1) is 0 Å². The summed E-state index contributed by atoms with van der Waals surface area (Å²) in [5, 5.41) is 0.676. The smallest absolute Gasteiger partial charge is 0.127 e. The van der Waals surface area contributed by atoms with E-state index in [1.54, 1.807) is 12.1 Å². The zero-order chi connectivity index (χ0) is 17.4. The maximum atomic E-state index is 12.0. The molecule has 0 fully saturated rings. The molecule has 0 radical (unpaired) electrons. The van der Waals surface area contributed by atoms with Crippen LogP contribution in [0.4, 0.5) is 4.39 Å². The lowest BCUT2D eigenvalue weighted by Crippen LogP contribution is -2.34. The van der Waals surface area contributed by atoms with Crippen molar-refractivity contribution >= 4 is 11.6 Å². The van der Waals surface area contributed by atoms with E-state index in [0.717, 1.165) is 11.3 Å². The number of rotatable bonds is 9. The summed E-state index contributed by atoms with van der Waals surface area (Å²) >= 11 is 5.87. The third kappa shape index (κ3) is 6.38. The first-order chi connectivity index (χ1) is 11.5. The SMILES string of the molecule is CC(C)(COCc1ccc(OCCF)cc1)Oc1ccc(Cl)cc1. The van der Waals surface area contributed by atoms with E-state index in [-0.39, 0.29) is 6.61 Å². The predicted octanol–water partition coefficient (Wildman–Crippen LogP) is 5.06. The molecule has 0 aliphatic heterocycles. The molecule has 0 aromatic heterocycles. The highest BCUT2D eigenvalue weighted by atomic mass is 35.5. The average Bonchev–Trinajstić information content (AvgIpc) is 2.56. The van der Waals surface area contributed by atoms with E-state index in [1.807, 2.05) is 50.2 Å². The molecule has 0 heterocycles. The predicted molar refractivity (Wildman–Crippen MR) is 93.7 cm³/mol. The minimum Gasteiger partial charge on any atom is -0.491 e. The Morgan fingerprint density at radius 1 is 0.958 bits per heavy atom. The molecule has 0 N–H and O–H groups in total. The molecule has 0 atom stereocenters. The number of ether oxygens (including phenoxy) is 3. The fourth-order valence-corrected chi connectivity index (χ4v) is 2.23. The van der Waals surface area contributed by atoms with Crippen molar-refractivity contribution in [1.82, 2.24) is 0 Å². The molecule has 2 aromatic carbocycles. The topological polar surface area (TPSA) is 27.7 Å². The third-order valence-electron chi connectivity index (χ3n) is 3.20. The van der Waals surface area contributed by atoms with Gasteiger partial charge in [-0.05, 0) is 55.8 Å². The molecule has 0 saturated heterocycles.